The van der Waals surface area contributed by atoms with Crippen LogP contribution in [0.3, 0.4) is 0 Å². The molecule has 1 aliphatic carbocycles. The first-order chi connectivity index (χ1) is 9.76. The van der Waals surface area contributed by atoms with E-state index in [1.54, 1.807) is 0 Å². The van der Waals surface area contributed by atoms with Crippen LogP contribution in [0.4, 0.5) is 0 Å². The summed E-state index contributed by atoms with van der Waals surface area (Å²) in [6.07, 6.45) is 6.72. The number of nitrogens with zero attached hydrogens (tertiary/aromatic N) is 1. The molecule has 0 saturated heterocycles. The van der Waals surface area contributed by atoms with Gasteiger partial charge in [0.2, 0.25) is 0 Å². The van der Waals surface area contributed by atoms with Crippen molar-refractivity contribution in [2.45, 2.75) is 31.6 Å². The van der Waals surface area contributed by atoms with Gasteiger partial charge in [0, 0.05) is 16.5 Å². The van der Waals surface area contributed by atoms with E-state index in [1.165, 1.54) is 25.7 Å². The maximum Gasteiger partial charge on any atom is 0.109 e. The largest absolute Gasteiger partial charge is 0.342 e. The van der Waals surface area contributed by atoms with Gasteiger partial charge in [-0.15, -0.1) is 0 Å². The standard InChI is InChI=1S/C16H20ClN3/c17-14-3-1-2-13(8-14)15-10-19-16(20-15)12-6-4-11(9-18)5-7-12/h1-3,8,10-12H,4-7,9,18H2,(H,19,20). The van der Waals surface area contributed by atoms with Crippen molar-refractivity contribution >= 4 is 11.6 Å². The Morgan fingerprint density at radius 1 is 1.25 bits per heavy atom. The Bertz CT molecular complexity index is 571. The van der Waals surface area contributed by atoms with Gasteiger partial charge in [-0.3, -0.25) is 0 Å². The summed E-state index contributed by atoms with van der Waals surface area (Å²) in [5.41, 5.74) is 7.88. The van der Waals surface area contributed by atoms with Crippen LogP contribution in [0.2, 0.25) is 5.02 Å². The molecule has 0 amide bonds. The molecule has 1 aliphatic rings. The SMILES string of the molecule is NCC1CCC(c2ncc(-c3cccc(Cl)c3)[nH]2)CC1. The number of nitrogens with one attached hydrogen (secondary N) is 1. The third kappa shape index (κ3) is 2.89. The first-order valence-corrected chi connectivity index (χ1v) is 7.65. The zero-order chi connectivity index (χ0) is 13.9. The molecule has 1 aromatic carbocycles. The maximum absolute atomic E-state index is 6.04. The normalized spacial score (nSPS) is 22.9. The molecule has 0 radical (unpaired) electrons. The van der Waals surface area contributed by atoms with Crippen molar-refractivity contribution in [3.05, 3.63) is 41.3 Å². The van der Waals surface area contributed by atoms with E-state index >= 15 is 0 Å². The van der Waals surface area contributed by atoms with Crippen molar-refractivity contribution in [3.8, 4) is 11.3 Å². The fourth-order valence-corrected chi connectivity index (χ4v) is 3.21. The zero-order valence-electron chi connectivity index (χ0n) is 11.5. The minimum atomic E-state index is 0.547. The highest BCUT2D eigenvalue weighted by Crippen LogP contribution is 2.34. The van der Waals surface area contributed by atoms with Crippen molar-refractivity contribution in [2.75, 3.05) is 6.54 Å². The molecule has 1 fully saturated rings. The molecule has 0 aliphatic heterocycles. The number of imidazole rings is 1. The predicted octanol–water partition coefficient (Wildman–Crippen LogP) is 3.96. The van der Waals surface area contributed by atoms with Gasteiger partial charge in [-0.1, -0.05) is 23.7 Å². The van der Waals surface area contributed by atoms with Gasteiger partial charge < -0.3 is 10.7 Å². The predicted molar refractivity (Wildman–Crippen MR) is 82.8 cm³/mol. The van der Waals surface area contributed by atoms with Gasteiger partial charge in [0.15, 0.2) is 0 Å². The van der Waals surface area contributed by atoms with E-state index in [4.69, 9.17) is 17.3 Å². The molecular formula is C16H20ClN3. The highest BCUT2D eigenvalue weighted by Gasteiger charge is 2.23. The first-order valence-electron chi connectivity index (χ1n) is 7.27. The van der Waals surface area contributed by atoms with Crippen LogP contribution in [0.15, 0.2) is 30.5 Å². The van der Waals surface area contributed by atoms with E-state index in [9.17, 15) is 0 Å². The van der Waals surface area contributed by atoms with Crippen molar-refractivity contribution in [3.63, 3.8) is 0 Å². The third-order valence-corrected chi connectivity index (χ3v) is 4.53. The lowest BCUT2D eigenvalue weighted by Crippen LogP contribution is -2.21. The number of hydrogen-bond acceptors (Lipinski definition) is 2. The van der Waals surface area contributed by atoms with Crippen LogP contribution in [-0.4, -0.2) is 16.5 Å². The Morgan fingerprint density at radius 2 is 2.05 bits per heavy atom. The summed E-state index contributed by atoms with van der Waals surface area (Å²) in [6, 6.07) is 7.86. The number of benzene rings is 1. The van der Waals surface area contributed by atoms with Crippen molar-refractivity contribution in [1.82, 2.24) is 9.97 Å². The summed E-state index contributed by atoms with van der Waals surface area (Å²) < 4.78 is 0. The number of aromatic amines is 1. The van der Waals surface area contributed by atoms with Gasteiger partial charge in [0.1, 0.15) is 5.82 Å². The molecule has 1 aromatic heterocycles. The summed E-state index contributed by atoms with van der Waals surface area (Å²) in [6.45, 7) is 0.818. The first kappa shape index (κ1) is 13.7. The Labute approximate surface area is 124 Å². The summed E-state index contributed by atoms with van der Waals surface area (Å²) in [7, 11) is 0. The van der Waals surface area contributed by atoms with E-state index in [1.807, 2.05) is 24.4 Å². The Hall–Kier alpha value is -1.32. The van der Waals surface area contributed by atoms with Gasteiger partial charge in [0.05, 0.1) is 11.9 Å². The van der Waals surface area contributed by atoms with Crippen LogP contribution in [0, 0.1) is 5.92 Å². The number of hydrogen-bond donors (Lipinski definition) is 2. The van der Waals surface area contributed by atoms with E-state index in [2.05, 4.69) is 16.0 Å². The Kier molecular flexibility index (Phi) is 4.08. The second-order valence-electron chi connectivity index (χ2n) is 5.65. The fraction of sp³-hybridized carbons (Fsp3) is 0.438. The van der Waals surface area contributed by atoms with Crippen LogP contribution < -0.4 is 5.73 Å². The van der Waals surface area contributed by atoms with Crippen molar-refractivity contribution in [1.29, 1.82) is 0 Å². The van der Waals surface area contributed by atoms with Gasteiger partial charge in [-0.05, 0) is 50.3 Å². The second-order valence-corrected chi connectivity index (χ2v) is 6.08. The molecular weight excluding hydrogens is 270 g/mol. The van der Waals surface area contributed by atoms with Crippen LogP contribution in [0.25, 0.3) is 11.3 Å². The second kappa shape index (κ2) is 5.98. The molecule has 0 unspecified atom stereocenters. The molecule has 3 rings (SSSR count). The average molecular weight is 290 g/mol. The fourth-order valence-electron chi connectivity index (χ4n) is 3.02. The molecule has 20 heavy (non-hydrogen) atoms. The van der Waals surface area contributed by atoms with Crippen LogP contribution in [0.5, 0.6) is 0 Å². The molecule has 4 heteroatoms. The average Bonchev–Trinajstić information content (AvgIpc) is 2.97. The lowest BCUT2D eigenvalue weighted by Gasteiger charge is -2.26. The van der Waals surface area contributed by atoms with Crippen molar-refractivity contribution < 1.29 is 0 Å². The molecule has 1 saturated carbocycles. The lowest BCUT2D eigenvalue weighted by atomic mass is 9.82. The number of aromatic nitrogens is 2. The highest BCUT2D eigenvalue weighted by molar-refractivity contribution is 6.30. The summed E-state index contributed by atoms with van der Waals surface area (Å²) in [4.78, 5) is 8.03. The number of rotatable bonds is 3. The highest BCUT2D eigenvalue weighted by atomic mass is 35.5. The molecule has 1 heterocycles. The zero-order valence-corrected chi connectivity index (χ0v) is 12.2. The molecule has 106 valence electrons. The van der Waals surface area contributed by atoms with Gasteiger partial charge >= 0.3 is 0 Å². The molecule has 0 spiro atoms. The number of halogens is 1. The topological polar surface area (TPSA) is 54.7 Å². The smallest absolute Gasteiger partial charge is 0.109 e. The molecule has 0 bridgehead atoms. The van der Waals surface area contributed by atoms with E-state index in [0.717, 1.165) is 28.6 Å². The minimum absolute atomic E-state index is 0.547. The monoisotopic (exact) mass is 289 g/mol. The molecule has 2 aromatic rings. The summed E-state index contributed by atoms with van der Waals surface area (Å²) in [5, 5.41) is 0.752. The summed E-state index contributed by atoms with van der Waals surface area (Å²) in [5.74, 6) is 2.36. The van der Waals surface area contributed by atoms with Gasteiger partial charge in [-0.2, -0.15) is 0 Å². The minimum Gasteiger partial charge on any atom is -0.342 e. The van der Waals surface area contributed by atoms with Crippen LogP contribution >= 0.6 is 11.6 Å². The molecule has 3 N–H and O–H groups in total. The van der Waals surface area contributed by atoms with Crippen molar-refractivity contribution in [2.24, 2.45) is 11.7 Å². The number of H-pyrrole nitrogens is 1. The summed E-state index contributed by atoms with van der Waals surface area (Å²) >= 11 is 6.04. The quantitative estimate of drug-likeness (QED) is 0.898. The Balaban J connectivity index is 1.74. The van der Waals surface area contributed by atoms with E-state index in [-0.39, 0.29) is 0 Å². The Morgan fingerprint density at radius 3 is 2.75 bits per heavy atom. The van der Waals surface area contributed by atoms with Gasteiger partial charge in [-0.25, -0.2) is 4.98 Å². The van der Waals surface area contributed by atoms with E-state index in [0.29, 0.717) is 11.8 Å². The van der Waals surface area contributed by atoms with Gasteiger partial charge in [0.25, 0.3) is 0 Å². The molecule has 0 atom stereocenters. The van der Waals surface area contributed by atoms with Crippen LogP contribution in [-0.2, 0) is 0 Å². The van der Waals surface area contributed by atoms with Crippen LogP contribution in [0.1, 0.15) is 37.4 Å². The third-order valence-electron chi connectivity index (χ3n) is 4.30. The maximum atomic E-state index is 6.04. The molecule has 3 nitrogen and oxygen atoms in total. The number of nitrogens with two attached hydrogens (primary N) is 1. The lowest BCUT2D eigenvalue weighted by molar-refractivity contribution is 0.326. The van der Waals surface area contributed by atoms with E-state index < -0.39 is 0 Å².